The molecule has 0 unspecified atom stereocenters. The first-order valence-corrected chi connectivity index (χ1v) is 9.43. The van der Waals surface area contributed by atoms with Crippen LogP contribution >= 0.6 is 0 Å². The Morgan fingerprint density at radius 3 is 2.43 bits per heavy atom. The number of nitrogens with one attached hydrogen (secondary N) is 2. The first kappa shape index (κ1) is 16.0. The van der Waals surface area contributed by atoms with Crippen LogP contribution < -0.4 is 10.0 Å². The monoisotopic (exact) mass is 330 g/mol. The van der Waals surface area contributed by atoms with Crippen LogP contribution in [0.4, 0.5) is 5.69 Å². The third-order valence-corrected chi connectivity index (χ3v) is 5.68. The van der Waals surface area contributed by atoms with Gasteiger partial charge in [0.05, 0.1) is 4.90 Å². The lowest BCUT2D eigenvalue weighted by Gasteiger charge is -2.23. The van der Waals surface area contributed by atoms with Gasteiger partial charge in [-0.05, 0) is 68.6 Å². The average molecular weight is 330 g/mol. The molecule has 122 valence electrons. The van der Waals surface area contributed by atoms with Crippen molar-refractivity contribution in [2.24, 2.45) is 0 Å². The minimum atomic E-state index is -3.54. The van der Waals surface area contributed by atoms with Gasteiger partial charge >= 0.3 is 0 Å². The molecule has 3 rings (SSSR count). The number of aryl methyl sites for hydroxylation is 1. The zero-order chi connectivity index (χ0) is 16.3. The number of hydrogen-bond donors (Lipinski definition) is 2. The maximum absolute atomic E-state index is 12.5. The summed E-state index contributed by atoms with van der Waals surface area (Å²) in [5.74, 6) is 0.500. The van der Waals surface area contributed by atoms with Gasteiger partial charge in [0.15, 0.2) is 0 Å². The highest BCUT2D eigenvalue weighted by Gasteiger charge is 2.17. The van der Waals surface area contributed by atoms with E-state index in [9.17, 15) is 8.42 Å². The predicted octanol–water partition coefficient (Wildman–Crippen LogP) is 3.26. The van der Waals surface area contributed by atoms with Crippen molar-refractivity contribution in [1.82, 2.24) is 5.32 Å². The van der Waals surface area contributed by atoms with Crippen LogP contribution in [0.5, 0.6) is 0 Å². The van der Waals surface area contributed by atoms with Crippen LogP contribution in [0.3, 0.4) is 0 Å². The topological polar surface area (TPSA) is 58.2 Å². The second kappa shape index (κ2) is 6.72. The molecule has 0 spiro atoms. The Balaban J connectivity index is 1.80. The molecule has 1 saturated heterocycles. The molecule has 23 heavy (non-hydrogen) atoms. The molecule has 0 aliphatic carbocycles. The molecule has 1 heterocycles. The van der Waals surface area contributed by atoms with Crippen molar-refractivity contribution in [3.05, 3.63) is 59.7 Å². The van der Waals surface area contributed by atoms with E-state index in [0.717, 1.165) is 31.5 Å². The number of rotatable bonds is 4. The quantitative estimate of drug-likeness (QED) is 0.904. The summed E-state index contributed by atoms with van der Waals surface area (Å²) in [6, 6.07) is 14.6. The third kappa shape index (κ3) is 3.92. The Bertz CT molecular complexity index is 764. The maximum Gasteiger partial charge on any atom is 0.261 e. The first-order chi connectivity index (χ1) is 11.0. The van der Waals surface area contributed by atoms with E-state index < -0.39 is 10.0 Å². The standard InChI is InChI=1S/C18H22N2O2S/c1-14-5-7-18(8-6-14)23(21,22)20-17-4-2-3-16(13-17)15-9-11-19-12-10-15/h2-8,13,15,19-20H,9-12H2,1H3. The molecule has 0 radical (unpaired) electrons. The van der Waals surface area contributed by atoms with Gasteiger partial charge in [-0.2, -0.15) is 0 Å². The van der Waals surface area contributed by atoms with E-state index >= 15 is 0 Å². The molecule has 0 bridgehead atoms. The number of benzene rings is 2. The molecule has 0 amide bonds. The lowest BCUT2D eigenvalue weighted by atomic mass is 9.90. The Morgan fingerprint density at radius 1 is 1.04 bits per heavy atom. The summed E-state index contributed by atoms with van der Waals surface area (Å²) < 4.78 is 27.6. The molecule has 0 atom stereocenters. The highest BCUT2D eigenvalue weighted by molar-refractivity contribution is 7.92. The second-order valence-electron chi connectivity index (χ2n) is 6.07. The van der Waals surface area contributed by atoms with Crippen molar-refractivity contribution in [3.63, 3.8) is 0 Å². The van der Waals surface area contributed by atoms with Gasteiger partial charge < -0.3 is 5.32 Å². The molecule has 2 aromatic carbocycles. The molecule has 1 aliphatic heterocycles. The summed E-state index contributed by atoms with van der Waals surface area (Å²) >= 11 is 0. The summed E-state index contributed by atoms with van der Waals surface area (Å²) in [4.78, 5) is 0.287. The molecular formula is C18H22N2O2S. The molecule has 5 heteroatoms. The van der Waals surface area contributed by atoms with Crippen LogP contribution in [-0.4, -0.2) is 21.5 Å². The minimum Gasteiger partial charge on any atom is -0.317 e. The molecule has 4 nitrogen and oxygen atoms in total. The Labute approximate surface area is 138 Å². The van der Waals surface area contributed by atoms with E-state index in [4.69, 9.17) is 0 Å². The Morgan fingerprint density at radius 2 is 1.74 bits per heavy atom. The van der Waals surface area contributed by atoms with Gasteiger partial charge in [-0.1, -0.05) is 29.8 Å². The summed E-state index contributed by atoms with van der Waals surface area (Å²) in [6.07, 6.45) is 2.18. The van der Waals surface area contributed by atoms with Gasteiger partial charge in [0.1, 0.15) is 0 Å². The van der Waals surface area contributed by atoms with E-state index in [0.29, 0.717) is 11.6 Å². The number of sulfonamides is 1. The fourth-order valence-corrected chi connectivity index (χ4v) is 3.99. The predicted molar refractivity (Wildman–Crippen MR) is 93.3 cm³/mol. The zero-order valence-corrected chi connectivity index (χ0v) is 14.1. The fourth-order valence-electron chi connectivity index (χ4n) is 2.94. The Kier molecular flexibility index (Phi) is 4.68. The van der Waals surface area contributed by atoms with Crippen molar-refractivity contribution in [1.29, 1.82) is 0 Å². The summed E-state index contributed by atoms with van der Waals surface area (Å²) in [5.41, 5.74) is 2.87. The minimum absolute atomic E-state index is 0.287. The van der Waals surface area contributed by atoms with E-state index in [-0.39, 0.29) is 4.90 Å². The first-order valence-electron chi connectivity index (χ1n) is 7.95. The van der Waals surface area contributed by atoms with Crippen molar-refractivity contribution in [2.75, 3.05) is 17.8 Å². The van der Waals surface area contributed by atoms with Crippen LogP contribution in [0.25, 0.3) is 0 Å². The van der Waals surface area contributed by atoms with E-state index in [1.54, 1.807) is 30.3 Å². The van der Waals surface area contributed by atoms with Gasteiger partial charge in [0.25, 0.3) is 10.0 Å². The SMILES string of the molecule is Cc1ccc(S(=O)(=O)Nc2cccc(C3CCNCC3)c2)cc1. The molecule has 1 aliphatic rings. The highest BCUT2D eigenvalue weighted by atomic mass is 32.2. The normalized spacial score (nSPS) is 16.2. The van der Waals surface area contributed by atoms with Crippen molar-refractivity contribution in [3.8, 4) is 0 Å². The van der Waals surface area contributed by atoms with Crippen LogP contribution in [0.1, 0.15) is 29.9 Å². The molecular weight excluding hydrogens is 308 g/mol. The molecule has 2 N–H and O–H groups in total. The lowest BCUT2D eigenvalue weighted by molar-refractivity contribution is 0.460. The van der Waals surface area contributed by atoms with Crippen molar-refractivity contribution < 1.29 is 8.42 Å². The third-order valence-electron chi connectivity index (χ3n) is 4.28. The number of hydrogen-bond acceptors (Lipinski definition) is 3. The van der Waals surface area contributed by atoms with Gasteiger partial charge in [-0.25, -0.2) is 8.42 Å². The number of anilines is 1. The zero-order valence-electron chi connectivity index (χ0n) is 13.2. The van der Waals surface area contributed by atoms with Gasteiger partial charge in [0, 0.05) is 5.69 Å². The molecule has 0 saturated carbocycles. The largest absolute Gasteiger partial charge is 0.317 e. The molecule has 1 fully saturated rings. The van der Waals surface area contributed by atoms with Gasteiger partial charge in [-0.3, -0.25) is 4.72 Å². The van der Waals surface area contributed by atoms with Crippen LogP contribution in [0, 0.1) is 6.92 Å². The van der Waals surface area contributed by atoms with Crippen LogP contribution in [-0.2, 0) is 10.0 Å². The lowest BCUT2D eigenvalue weighted by Crippen LogP contribution is -2.26. The van der Waals surface area contributed by atoms with E-state index in [1.807, 2.05) is 19.1 Å². The second-order valence-corrected chi connectivity index (χ2v) is 7.75. The molecule has 2 aromatic rings. The smallest absolute Gasteiger partial charge is 0.261 e. The van der Waals surface area contributed by atoms with E-state index in [2.05, 4.69) is 16.1 Å². The number of piperidine rings is 1. The molecule has 0 aromatic heterocycles. The average Bonchev–Trinajstić information content (AvgIpc) is 2.56. The summed E-state index contributed by atoms with van der Waals surface area (Å²) in [7, 11) is -3.54. The fraction of sp³-hybridized carbons (Fsp3) is 0.333. The maximum atomic E-state index is 12.5. The van der Waals surface area contributed by atoms with Crippen LogP contribution in [0.15, 0.2) is 53.4 Å². The van der Waals surface area contributed by atoms with E-state index in [1.165, 1.54) is 5.56 Å². The Hall–Kier alpha value is -1.85. The van der Waals surface area contributed by atoms with Crippen molar-refractivity contribution >= 4 is 15.7 Å². The van der Waals surface area contributed by atoms with Gasteiger partial charge in [-0.15, -0.1) is 0 Å². The summed E-state index contributed by atoms with van der Waals surface area (Å²) in [5, 5.41) is 3.35. The summed E-state index contributed by atoms with van der Waals surface area (Å²) in [6.45, 7) is 3.97. The van der Waals surface area contributed by atoms with Crippen molar-refractivity contribution in [2.45, 2.75) is 30.6 Å². The van der Waals surface area contributed by atoms with Gasteiger partial charge in [0.2, 0.25) is 0 Å². The van der Waals surface area contributed by atoms with Crippen LogP contribution in [0.2, 0.25) is 0 Å². The highest BCUT2D eigenvalue weighted by Crippen LogP contribution is 2.27.